The highest BCUT2D eigenvalue weighted by Gasteiger charge is 2.23. The van der Waals surface area contributed by atoms with Crippen LogP contribution in [0.25, 0.3) is 0 Å². The van der Waals surface area contributed by atoms with E-state index in [4.69, 9.17) is 4.74 Å². The second-order valence-electron chi connectivity index (χ2n) is 5.13. The van der Waals surface area contributed by atoms with Gasteiger partial charge in [0.05, 0.1) is 0 Å². The average Bonchev–Trinajstić information content (AvgIpc) is 2.83. The van der Waals surface area contributed by atoms with Crippen LogP contribution in [0.4, 0.5) is 0 Å². The number of hydrogen-bond acceptors (Lipinski definition) is 3. The SMILES string of the molecule is COC[C@@H](C)C1CCN(Cc2ccn[nH]2)CC1. The van der Waals surface area contributed by atoms with Crippen LogP contribution in [0, 0.1) is 11.8 Å². The van der Waals surface area contributed by atoms with Crippen molar-refractivity contribution in [3.8, 4) is 0 Å². The van der Waals surface area contributed by atoms with Crippen molar-refractivity contribution in [2.24, 2.45) is 11.8 Å². The Morgan fingerprint density at radius 1 is 1.53 bits per heavy atom. The first-order valence-electron chi connectivity index (χ1n) is 6.49. The third-order valence-corrected chi connectivity index (χ3v) is 3.82. The summed E-state index contributed by atoms with van der Waals surface area (Å²) in [4.78, 5) is 2.50. The van der Waals surface area contributed by atoms with E-state index >= 15 is 0 Å². The monoisotopic (exact) mass is 237 g/mol. The summed E-state index contributed by atoms with van der Waals surface area (Å²) in [6.45, 7) is 6.59. The molecule has 1 aliphatic rings. The first-order chi connectivity index (χ1) is 8.29. The van der Waals surface area contributed by atoms with Crippen LogP contribution in [0.3, 0.4) is 0 Å². The maximum absolute atomic E-state index is 5.24. The Hall–Kier alpha value is -0.870. The summed E-state index contributed by atoms with van der Waals surface area (Å²) in [5.41, 5.74) is 1.22. The number of piperidine rings is 1. The molecule has 1 atom stereocenters. The van der Waals surface area contributed by atoms with Gasteiger partial charge in [-0.1, -0.05) is 6.92 Å². The molecule has 0 bridgehead atoms. The van der Waals surface area contributed by atoms with Crippen molar-refractivity contribution in [2.75, 3.05) is 26.8 Å². The van der Waals surface area contributed by atoms with Gasteiger partial charge in [0, 0.05) is 32.2 Å². The van der Waals surface area contributed by atoms with E-state index in [1.54, 1.807) is 7.11 Å². The molecule has 4 heteroatoms. The highest BCUT2D eigenvalue weighted by molar-refractivity contribution is 4.97. The van der Waals surface area contributed by atoms with E-state index in [1.807, 2.05) is 6.20 Å². The van der Waals surface area contributed by atoms with Gasteiger partial charge < -0.3 is 4.74 Å². The van der Waals surface area contributed by atoms with Crippen LogP contribution in [0.5, 0.6) is 0 Å². The number of likely N-dealkylation sites (tertiary alicyclic amines) is 1. The minimum atomic E-state index is 0.689. The number of nitrogens with zero attached hydrogens (tertiary/aromatic N) is 2. The largest absolute Gasteiger partial charge is 0.384 e. The van der Waals surface area contributed by atoms with Gasteiger partial charge in [-0.3, -0.25) is 10.00 Å². The normalized spacial score (nSPS) is 20.6. The Morgan fingerprint density at radius 3 is 2.88 bits per heavy atom. The minimum absolute atomic E-state index is 0.689. The van der Waals surface area contributed by atoms with Crippen molar-refractivity contribution in [1.29, 1.82) is 0 Å². The van der Waals surface area contributed by atoms with Gasteiger partial charge in [0.2, 0.25) is 0 Å². The molecule has 1 aromatic rings. The van der Waals surface area contributed by atoms with Gasteiger partial charge in [-0.15, -0.1) is 0 Å². The maximum Gasteiger partial charge on any atom is 0.0492 e. The molecule has 1 N–H and O–H groups in total. The second-order valence-corrected chi connectivity index (χ2v) is 5.13. The van der Waals surface area contributed by atoms with E-state index in [2.05, 4.69) is 28.1 Å². The van der Waals surface area contributed by atoms with Gasteiger partial charge in [0.15, 0.2) is 0 Å². The van der Waals surface area contributed by atoms with Gasteiger partial charge >= 0.3 is 0 Å². The summed E-state index contributed by atoms with van der Waals surface area (Å²) in [7, 11) is 1.80. The molecular formula is C13H23N3O. The summed E-state index contributed by atoms with van der Waals surface area (Å²) < 4.78 is 5.24. The molecule has 4 nitrogen and oxygen atoms in total. The fourth-order valence-corrected chi connectivity index (χ4v) is 2.69. The molecule has 0 radical (unpaired) electrons. The first kappa shape index (κ1) is 12.6. The third kappa shape index (κ3) is 3.54. The van der Waals surface area contributed by atoms with Crippen molar-refractivity contribution in [2.45, 2.75) is 26.3 Å². The molecule has 2 heterocycles. The molecule has 0 spiro atoms. The molecule has 1 fully saturated rings. The number of aromatic nitrogens is 2. The maximum atomic E-state index is 5.24. The van der Waals surface area contributed by atoms with Crippen LogP contribution >= 0.6 is 0 Å². The summed E-state index contributed by atoms with van der Waals surface area (Å²) >= 11 is 0. The standard InChI is InChI=1S/C13H23N3O/c1-11(10-17-2)12-4-7-16(8-5-12)9-13-3-6-14-15-13/h3,6,11-12H,4-5,7-10H2,1-2H3,(H,14,15)/t11-/m1/s1. The third-order valence-electron chi connectivity index (χ3n) is 3.82. The lowest BCUT2D eigenvalue weighted by Gasteiger charge is -2.34. The van der Waals surface area contributed by atoms with Crippen molar-refractivity contribution in [3.63, 3.8) is 0 Å². The van der Waals surface area contributed by atoms with E-state index in [-0.39, 0.29) is 0 Å². The minimum Gasteiger partial charge on any atom is -0.384 e. The van der Waals surface area contributed by atoms with Gasteiger partial charge in [-0.25, -0.2) is 0 Å². The molecule has 1 aromatic heterocycles. The highest BCUT2D eigenvalue weighted by atomic mass is 16.5. The van der Waals surface area contributed by atoms with Gasteiger partial charge in [-0.2, -0.15) is 5.10 Å². The van der Waals surface area contributed by atoms with Crippen LogP contribution in [-0.2, 0) is 11.3 Å². The van der Waals surface area contributed by atoms with Gasteiger partial charge in [-0.05, 0) is 43.8 Å². The fourth-order valence-electron chi connectivity index (χ4n) is 2.69. The Bertz CT molecular complexity index is 304. The van der Waals surface area contributed by atoms with Crippen LogP contribution in [0.1, 0.15) is 25.5 Å². The number of ether oxygens (including phenoxy) is 1. The quantitative estimate of drug-likeness (QED) is 0.850. The lowest BCUT2D eigenvalue weighted by atomic mass is 9.86. The summed E-state index contributed by atoms with van der Waals surface area (Å²) in [5, 5.41) is 7.01. The van der Waals surface area contributed by atoms with Gasteiger partial charge in [0.1, 0.15) is 0 Å². The van der Waals surface area contributed by atoms with Crippen molar-refractivity contribution < 1.29 is 4.74 Å². The molecule has 0 aliphatic carbocycles. The molecule has 0 saturated carbocycles. The number of rotatable bonds is 5. The number of H-pyrrole nitrogens is 1. The average molecular weight is 237 g/mol. The Balaban J connectivity index is 1.74. The van der Waals surface area contributed by atoms with Crippen LogP contribution in [-0.4, -0.2) is 41.9 Å². The van der Waals surface area contributed by atoms with E-state index in [9.17, 15) is 0 Å². The predicted octanol–water partition coefficient (Wildman–Crippen LogP) is 1.90. The van der Waals surface area contributed by atoms with Crippen molar-refractivity contribution in [1.82, 2.24) is 15.1 Å². The molecule has 0 unspecified atom stereocenters. The lowest BCUT2D eigenvalue weighted by molar-refractivity contribution is 0.0875. The summed E-state index contributed by atoms with van der Waals surface area (Å²) in [6.07, 6.45) is 4.40. The molecule has 0 aromatic carbocycles. The lowest BCUT2D eigenvalue weighted by Crippen LogP contribution is -2.36. The Kier molecular flexibility index (Phi) is 4.57. The zero-order valence-corrected chi connectivity index (χ0v) is 10.9. The highest BCUT2D eigenvalue weighted by Crippen LogP contribution is 2.25. The fraction of sp³-hybridized carbons (Fsp3) is 0.769. The van der Waals surface area contributed by atoms with E-state index in [0.29, 0.717) is 5.92 Å². The zero-order chi connectivity index (χ0) is 12.1. The second kappa shape index (κ2) is 6.17. The molecule has 1 aliphatic heterocycles. The molecule has 1 saturated heterocycles. The number of aromatic amines is 1. The number of hydrogen-bond donors (Lipinski definition) is 1. The topological polar surface area (TPSA) is 41.1 Å². The molecule has 2 rings (SSSR count). The molecule has 96 valence electrons. The smallest absolute Gasteiger partial charge is 0.0492 e. The van der Waals surface area contributed by atoms with Crippen molar-refractivity contribution >= 4 is 0 Å². The predicted molar refractivity (Wildman–Crippen MR) is 67.6 cm³/mol. The summed E-state index contributed by atoms with van der Waals surface area (Å²) in [6, 6.07) is 2.06. The zero-order valence-electron chi connectivity index (χ0n) is 10.9. The van der Waals surface area contributed by atoms with Crippen molar-refractivity contribution in [3.05, 3.63) is 18.0 Å². The van der Waals surface area contributed by atoms with Crippen LogP contribution in [0.2, 0.25) is 0 Å². The molecule has 0 amide bonds. The number of methoxy groups -OCH3 is 1. The Labute approximate surface area is 103 Å². The first-order valence-corrected chi connectivity index (χ1v) is 6.49. The van der Waals surface area contributed by atoms with E-state index < -0.39 is 0 Å². The van der Waals surface area contributed by atoms with Crippen LogP contribution < -0.4 is 0 Å². The van der Waals surface area contributed by atoms with E-state index in [0.717, 1.165) is 19.1 Å². The Morgan fingerprint density at radius 2 is 2.29 bits per heavy atom. The number of nitrogens with one attached hydrogen (secondary N) is 1. The van der Waals surface area contributed by atoms with E-state index in [1.165, 1.54) is 31.6 Å². The molecular weight excluding hydrogens is 214 g/mol. The molecule has 17 heavy (non-hydrogen) atoms. The summed E-state index contributed by atoms with van der Waals surface area (Å²) in [5.74, 6) is 1.52. The van der Waals surface area contributed by atoms with Gasteiger partial charge in [0.25, 0.3) is 0 Å². The van der Waals surface area contributed by atoms with Crippen LogP contribution in [0.15, 0.2) is 12.3 Å².